The smallest absolute Gasteiger partial charge is 0.125 e. The van der Waals surface area contributed by atoms with E-state index in [1.165, 1.54) is 5.56 Å². The zero-order valence-corrected chi connectivity index (χ0v) is 10.3. The molecule has 1 aromatic rings. The molecule has 16 heavy (non-hydrogen) atoms. The standard InChI is InChI=1S/C12H20N4/c1-10(12-8-13-11(2)14-9-12)16-6-4-15(3)5-7-16/h8-10H,4-7H2,1-3H3. The van der Waals surface area contributed by atoms with Gasteiger partial charge in [0.1, 0.15) is 5.82 Å². The molecule has 0 amide bonds. The minimum atomic E-state index is 0.425. The molecule has 1 aliphatic heterocycles. The lowest BCUT2D eigenvalue weighted by Gasteiger charge is -2.36. The van der Waals surface area contributed by atoms with Crippen LogP contribution < -0.4 is 0 Å². The lowest BCUT2D eigenvalue weighted by molar-refractivity contribution is 0.119. The van der Waals surface area contributed by atoms with Gasteiger partial charge >= 0.3 is 0 Å². The third-order valence-electron chi connectivity index (χ3n) is 3.37. The molecule has 2 heterocycles. The maximum absolute atomic E-state index is 4.26. The Morgan fingerprint density at radius 1 is 1.12 bits per heavy atom. The summed E-state index contributed by atoms with van der Waals surface area (Å²) in [4.78, 5) is 13.4. The highest BCUT2D eigenvalue weighted by Gasteiger charge is 2.20. The van der Waals surface area contributed by atoms with Crippen molar-refractivity contribution in [3.8, 4) is 0 Å². The Kier molecular flexibility index (Phi) is 3.51. The first-order valence-electron chi connectivity index (χ1n) is 5.88. The molecule has 1 aromatic heterocycles. The zero-order chi connectivity index (χ0) is 11.5. The van der Waals surface area contributed by atoms with Gasteiger partial charge in [0.15, 0.2) is 0 Å². The molecule has 4 nitrogen and oxygen atoms in total. The molecule has 0 aliphatic carbocycles. The predicted molar refractivity (Wildman–Crippen MR) is 64.3 cm³/mol. The average molecular weight is 220 g/mol. The van der Waals surface area contributed by atoms with E-state index in [0.717, 1.165) is 32.0 Å². The first-order valence-corrected chi connectivity index (χ1v) is 5.88. The van der Waals surface area contributed by atoms with Gasteiger partial charge in [0.2, 0.25) is 0 Å². The molecule has 0 saturated carbocycles. The Balaban J connectivity index is 2.01. The van der Waals surface area contributed by atoms with Gasteiger partial charge in [-0.15, -0.1) is 0 Å². The lowest BCUT2D eigenvalue weighted by atomic mass is 10.1. The predicted octanol–water partition coefficient (Wildman–Crippen LogP) is 1.09. The van der Waals surface area contributed by atoms with Crippen LogP contribution in [0.5, 0.6) is 0 Å². The summed E-state index contributed by atoms with van der Waals surface area (Å²) in [5.41, 5.74) is 1.22. The molecule has 1 unspecified atom stereocenters. The monoisotopic (exact) mass is 220 g/mol. The lowest BCUT2D eigenvalue weighted by Crippen LogP contribution is -2.45. The summed E-state index contributed by atoms with van der Waals surface area (Å²) < 4.78 is 0. The topological polar surface area (TPSA) is 32.3 Å². The van der Waals surface area contributed by atoms with Gasteiger partial charge in [-0.25, -0.2) is 9.97 Å². The molecular weight excluding hydrogens is 200 g/mol. The largest absolute Gasteiger partial charge is 0.304 e. The van der Waals surface area contributed by atoms with Crippen molar-refractivity contribution in [2.45, 2.75) is 19.9 Å². The third kappa shape index (κ3) is 2.57. The van der Waals surface area contributed by atoms with Gasteiger partial charge in [-0.3, -0.25) is 4.90 Å². The molecule has 4 heteroatoms. The number of aromatic nitrogens is 2. The number of rotatable bonds is 2. The van der Waals surface area contributed by atoms with Crippen molar-refractivity contribution in [3.05, 3.63) is 23.8 Å². The number of aryl methyl sites for hydroxylation is 1. The Morgan fingerprint density at radius 2 is 1.69 bits per heavy atom. The van der Waals surface area contributed by atoms with Crippen LogP contribution in [0.2, 0.25) is 0 Å². The van der Waals surface area contributed by atoms with Crippen molar-refractivity contribution < 1.29 is 0 Å². The molecule has 0 bridgehead atoms. The van der Waals surface area contributed by atoms with Crippen molar-refractivity contribution >= 4 is 0 Å². The fourth-order valence-corrected chi connectivity index (χ4v) is 2.04. The second-order valence-electron chi connectivity index (χ2n) is 4.58. The van der Waals surface area contributed by atoms with Crippen molar-refractivity contribution in [2.24, 2.45) is 0 Å². The second kappa shape index (κ2) is 4.89. The zero-order valence-electron chi connectivity index (χ0n) is 10.3. The van der Waals surface area contributed by atoms with Gasteiger partial charge in [0, 0.05) is 50.2 Å². The first kappa shape index (κ1) is 11.5. The number of nitrogens with zero attached hydrogens (tertiary/aromatic N) is 4. The highest BCUT2D eigenvalue weighted by Crippen LogP contribution is 2.19. The van der Waals surface area contributed by atoms with Crippen molar-refractivity contribution in [2.75, 3.05) is 33.2 Å². The SMILES string of the molecule is Cc1ncc(C(C)N2CCN(C)CC2)cn1. The van der Waals surface area contributed by atoms with Crippen LogP contribution >= 0.6 is 0 Å². The second-order valence-corrected chi connectivity index (χ2v) is 4.58. The normalized spacial score (nSPS) is 20.9. The van der Waals surface area contributed by atoms with Crippen molar-refractivity contribution in [1.29, 1.82) is 0 Å². The highest BCUT2D eigenvalue weighted by atomic mass is 15.3. The fraction of sp³-hybridized carbons (Fsp3) is 0.667. The maximum atomic E-state index is 4.26. The van der Waals surface area contributed by atoms with Gasteiger partial charge in [0.25, 0.3) is 0 Å². The fourth-order valence-electron chi connectivity index (χ4n) is 2.04. The molecule has 1 saturated heterocycles. The number of hydrogen-bond donors (Lipinski definition) is 0. The molecule has 0 spiro atoms. The Bertz CT molecular complexity index is 327. The average Bonchev–Trinajstić information content (AvgIpc) is 2.30. The molecule has 0 N–H and O–H groups in total. The van der Waals surface area contributed by atoms with Crippen LogP contribution in [0.1, 0.15) is 24.4 Å². The Hall–Kier alpha value is -1.00. The summed E-state index contributed by atoms with van der Waals surface area (Å²) in [7, 11) is 2.18. The molecule has 1 aliphatic rings. The van der Waals surface area contributed by atoms with Gasteiger partial charge in [-0.1, -0.05) is 0 Å². The van der Waals surface area contributed by atoms with E-state index in [2.05, 4.69) is 33.7 Å². The van der Waals surface area contributed by atoms with E-state index in [9.17, 15) is 0 Å². The van der Waals surface area contributed by atoms with Crippen molar-refractivity contribution in [3.63, 3.8) is 0 Å². The van der Waals surface area contributed by atoms with Crippen LogP contribution in [0, 0.1) is 6.92 Å². The number of hydrogen-bond acceptors (Lipinski definition) is 4. The Morgan fingerprint density at radius 3 is 2.25 bits per heavy atom. The van der Waals surface area contributed by atoms with Gasteiger partial charge < -0.3 is 4.90 Å². The number of piperazine rings is 1. The Labute approximate surface area is 97.3 Å². The van der Waals surface area contributed by atoms with E-state index >= 15 is 0 Å². The van der Waals surface area contributed by atoms with E-state index in [0.29, 0.717) is 6.04 Å². The van der Waals surface area contributed by atoms with Crippen LogP contribution in [0.3, 0.4) is 0 Å². The maximum Gasteiger partial charge on any atom is 0.125 e. The summed E-state index contributed by atoms with van der Waals surface area (Å²) in [6.45, 7) is 8.72. The highest BCUT2D eigenvalue weighted by molar-refractivity contribution is 5.10. The van der Waals surface area contributed by atoms with Gasteiger partial charge in [-0.2, -0.15) is 0 Å². The van der Waals surface area contributed by atoms with Crippen LogP contribution in [-0.2, 0) is 0 Å². The summed E-state index contributed by atoms with van der Waals surface area (Å²) in [6, 6.07) is 0.425. The van der Waals surface area contributed by atoms with Crippen LogP contribution in [0.25, 0.3) is 0 Å². The third-order valence-corrected chi connectivity index (χ3v) is 3.37. The van der Waals surface area contributed by atoms with Crippen LogP contribution in [0.15, 0.2) is 12.4 Å². The summed E-state index contributed by atoms with van der Waals surface area (Å²) >= 11 is 0. The van der Waals surface area contributed by atoms with E-state index in [1.54, 1.807) is 0 Å². The summed E-state index contributed by atoms with van der Waals surface area (Å²) in [5.74, 6) is 0.842. The first-order chi connectivity index (χ1) is 7.66. The van der Waals surface area contributed by atoms with E-state index in [1.807, 2.05) is 19.3 Å². The minimum Gasteiger partial charge on any atom is -0.304 e. The molecule has 88 valence electrons. The minimum absolute atomic E-state index is 0.425. The van der Waals surface area contributed by atoms with Crippen LogP contribution in [0.4, 0.5) is 0 Å². The molecular formula is C12H20N4. The molecule has 0 radical (unpaired) electrons. The van der Waals surface area contributed by atoms with Crippen molar-refractivity contribution in [1.82, 2.24) is 19.8 Å². The quantitative estimate of drug-likeness (QED) is 0.747. The molecule has 1 fully saturated rings. The number of likely N-dealkylation sites (N-methyl/N-ethyl adjacent to an activating group) is 1. The van der Waals surface area contributed by atoms with Gasteiger partial charge in [0.05, 0.1) is 0 Å². The van der Waals surface area contributed by atoms with E-state index in [4.69, 9.17) is 0 Å². The molecule has 0 aromatic carbocycles. The molecule has 1 atom stereocenters. The summed E-state index contributed by atoms with van der Waals surface area (Å²) in [5, 5.41) is 0. The van der Waals surface area contributed by atoms with Gasteiger partial charge in [-0.05, 0) is 20.9 Å². The van der Waals surface area contributed by atoms with E-state index < -0.39 is 0 Å². The van der Waals surface area contributed by atoms with Crippen LogP contribution in [-0.4, -0.2) is 53.0 Å². The summed E-state index contributed by atoms with van der Waals surface area (Å²) in [6.07, 6.45) is 3.90. The van der Waals surface area contributed by atoms with E-state index in [-0.39, 0.29) is 0 Å². The molecule has 2 rings (SSSR count).